The van der Waals surface area contributed by atoms with Gasteiger partial charge in [0.05, 0.1) is 0 Å². The number of hydrogen-bond donors (Lipinski definition) is 1. The van der Waals surface area contributed by atoms with Crippen molar-refractivity contribution < 1.29 is 4.79 Å². The van der Waals surface area contributed by atoms with Crippen molar-refractivity contribution in [2.75, 3.05) is 26.2 Å². The predicted octanol–water partition coefficient (Wildman–Crippen LogP) is 6.53. The molecule has 2 amide bonds. The Hall–Kier alpha value is -2.04. The van der Waals surface area contributed by atoms with E-state index in [9.17, 15) is 4.79 Å². The SMILES string of the molecule is O=C(NC1CCCCC1)N(CCCN1CCC(Cc2ccccc2)CC1)Cc1ccccc1Cl. The van der Waals surface area contributed by atoms with Crippen molar-refractivity contribution in [3.8, 4) is 0 Å². The molecule has 0 spiro atoms. The summed E-state index contributed by atoms with van der Waals surface area (Å²) in [5.41, 5.74) is 2.48. The summed E-state index contributed by atoms with van der Waals surface area (Å²) in [4.78, 5) is 17.7. The number of likely N-dealkylation sites (tertiary alicyclic amines) is 1. The molecule has 0 aromatic heterocycles. The Bertz CT molecular complexity index is 876. The van der Waals surface area contributed by atoms with Crippen molar-refractivity contribution in [3.05, 3.63) is 70.7 Å². The average Bonchev–Trinajstić information content (AvgIpc) is 2.87. The maximum absolute atomic E-state index is 13.2. The lowest BCUT2D eigenvalue weighted by Gasteiger charge is -2.33. The first-order valence-electron chi connectivity index (χ1n) is 13.2. The first kappa shape index (κ1) is 25.1. The highest BCUT2D eigenvalue weighted by molar-refractivity contribution is 6.31. The third-order valence-electron chi connectivity index (χ3n) is 7.52. The number of carbonyl (C=O) groups is 1. The molecule has 4 nitrogen and oxygen atoms in total. The van der Waals surface area contributed by atoms with Gasteiger partial charge < -0.3 is 15.1 Å². The minimum absolute atomic E-state index is 0.0633. The van der Waals surface area contributed by atoms with Crippen molar-refractivity contribution in [1.29, 1.82) is 0 Å². The second-order valence-corrected chi connectivity index (χ2v) is 10.5. The van der Waals surface area contributed by atoms with Crippen LogP contribution in [0, 0.1) is 5.92 Å². The van der Waals surface area contributed by atoms with Gasteiger partial charge in [0, 0.05) is 24.2 Å². The van der Waals surface area contributed by atoms with Crippen LogP contribution in [0.1, 0.15) is 62.5 Å². The van der Waals surface area contributed by atoms with Crippen LogP contribution in [0.4, 0.5) is 4.79 Å². The third kappa shape index (κ3) is 7.74. The van der Waals surface area contributed by atoms with Crippen molar-refractivity contribution >= 4 is 17.6 Å². The molecule has 1 N–H and O–H groups in total. The molecule has 2 aromatic rings. The van der Waals surface area contributed by atoms with E-state index in [0.717, 1.165) is 61.9 Å². The molecular formula is C29H40ClN3O. The Balaban J connectivity index is 1.25. The van der Waals surface area contributed by atoms with Gasteiger partial charge in [0.25, 0.3) is 0 Å². The van der Waals surface area contributed by atoms with Gasteiger partial charge in [-0.15, -0.1) is 0 Å². The molecule has 0 atom stereocenters. The number of rotatable bonds is 9. The zero-order valence-electron chi connectivity index (χ0n) is 20.4. The Morgan fingerprint density at radius 2 is 1.65 bits per heavy atom. The Labute approximate surface area is 210 Å². The Morgan fingerprint density at radius 3 is 2.38 bits per heavy atom. The summed E-state index contributed by atoms with van der Waals surface area (Å²) < 4.78 is 0. The molecule has 1 aliphatic carbocycles. The molecule has 0 radical (unpaired) electrons. The van der Waals surface area contributed by atoms with E-state index in [2.05, 4.69) is 40.5 Å². The number of hydrogen-bond acceptors (Lipinski definition) is 2. The molecular weight excluding hydrogens is 442 g/mol. The maximum Gasteiger partial charge on any atom is 0.317 e. The average molecular weight is 482 g/mol. The zero-order valence-corrected chi connectivity index (χ0v) is 21.2. The van der Waals surface area contributed by atoms with Gasteiger partial charge in [-0.3, -0.25) is 0 Å². The highest BCUT2D eigenvalue weighted by Gasteiger charge is 2.22. The minimum Gasteiger partial charge on any atom is -0.335 e. The summed E-state index contributed by atoms with van der Waals surface area (Å²) in [6.07, 6.45) is 10.6. The molecule has 1 saturated carbocycles. The van der Waals surface area contributed by atoms with E-state index in [1.807, 2.05) is 29.2 Å². The highest BCUT2D eigenvalue weighted by atomic mass is 35.5. The molecule has 2 fully saturated rings. The minimum atomic E-state index is 0.0633. The molecule has 184 valence electrons. The van der Waals surface area contributed by atoms with Crippen LogP contribution in [-0.2, 0) is 13.0 Å². The number of amides is 2. The Morgan fingerprint density at radius 1 is 0.941 bits per heavy atom. The summed E-state index contributed by atoms with van der Waals surface area (Å²) >= 11 is 6.43. The van der Waals surface area contributed by atoms with Crippen molar-refractivity contribution in [3.63, 3.8) is 0 Å². The number of benzene rings is 2. The lowest BCUT2D eigenvalue weighted by atomic mass is 9.90. The molecule has 1 heterocycles. The summed E-state index contributed by atoms with van der Waals surface area (Å²) in [7, 11) is 0. The van der Waals surface area contributed by atoms with Gasteiger partial charge in [0.1, 0.15) is 0 Å². The molecule has 0 unspecified atom stereocenters. The molecule has 5 heteroatoms. The van der Waals surface area contributed by atoms with Crippen LogP contribution < -0.4 is 5.32 Å². The predicted molar refractivity (Wildman–Crippen MR) is 141 cm³/mol. The van der Waals surface area contributed by atoms with Gasteiger partial charge in [-0.2, -0.15) is 0 Å². The van der Waals surface area contributed by atoms with Crippen LogP contribution in [0.15, 0.2) is 54.6 Å². The van der Waals surface area contributed by atoms with E-state index in [-0.39, 0.29) is 6.03 Å². The number of carbonyl (C=O) groups excluding carboxylic acids is 1. The van der Waals surface area contributed by atoms with Crippen molar-refractivity contribution in [2.45, 2.75) is 70.4 Å². The van der Waals surface area contributed by atoms with Crippen LogP contribution in [0.5, 0.6) is 0 Å². The van der Waals surface area contributed by atoms with E-state index in [4.69, 9.17) is 11.6 Å². The molecule has 1 aliphatic heterocycles. The van der Waals surface area contributed by atoms with Gasteiger partial charge in [-0.25, -0.2) is 4.79 Å². The van der Waals surface area contributed by atoms with Crippen LogP contribution in [-0.4, -0.2) is 48.1 Å². The molecule has 34 heavy (non-hydrogen) atoms. The van der Waals surface area contributed by atoms with Crippen LogP contribution in [0.3, 0.4) is 0 Å². The quantitative estimate of drug-likeness (QED) is 0.442. The number of piperidine rings is 1. The van der Waals surface area contributed by atoms with Crippen molar-refractivity contribution in [1.82, 2.24) is 15.1 Å². The first-order valence-corrected chi connectivity index (χ1v) is 13.6. The van der Waals surface area contributed by atoms with E-state index >= 15 is 0 Å². The van der Waals surface area contributed by atoms with Crippen LogP contribution in [0.25, 0.3) is 0 Å². The first-order chi connectivity index (χ1) is 16.7. The molecule has 1 saturated heterocycles. The molecule has 0 bridgehead atoms. The molecule has 2 aliphatic rings. The zero-order chi connectivity index (χ0) is 23.6. The number of nitrogens with one attached hydrogen (secondary N) is 1. The number of urea groups is 1. The second-order valence-electron chi connectivity index (χ2n) is 10.1. The van der Waals surface area contributed by atoms with E-state index in [0.29, 0.717) is 12.6 Å². The van der Waals surface area contributed by atoms with Crippen LogP contribution >= 0.6 is 11.6 Å². The summed E-state index contributed by atoms with van der Waals surface area (Å²) in [6, 6.07) is 19.1. The third-order valence-corrected chi connectivity index (χ3v) is 7.88. The fraction of sp³-hybridized carbons (Fsp3) is 0.552. The van der Waals surface area contributed by atoms with Gasteiger partial charge in [0.15, 0.2) is 0 Å². The molecule has 4 rings (SSSR count). The monoisotopic (exact) mass is 481 g/mol. The standard InChI is InChI=1S/C29H40ClN3O/c30-28-15-8-7-12-26(28)23-33(29(34)31-27-13-5-2-6-14-27)19-9-18-32-20-16-25(17-21-32)22-24-10-3-1-4-11-24/h1,3-4,7-8,10-12,15,25,27H,2,5-6,9,13-14,16-23H2,(H,31,34). The van der Waals surface area contributed by atoms with Gasteiger partial charge >= 0.3 is 6.03 Å². The number of halogens is 1. The largest absolute Gasteiger partial charge is 0.335 e. The summed E-state index contributed by atoms with van der Waals surface area (Å²) in [6.45, 7) is 4.70. The fourth-order valence-electron chi connectivity index (χ4n) is 5.44. The maximum atomic E-state index is 13.2. The van der Waals surface area contributed by atoms with E-state index < -0.39 is 0 Å². The van der Waals surface area contributed by atoms with Crippen molar-refractivity contribution in [2.24, 2.45) is 5.92 Å². The normalized spacial score (nSPS) is 18.0. The van der Waals surface area contributed by atoms with Gasteiger partial charge in [-0.05, 0) is 81.3 Å². The summed E-state index contributed by atoms with van der Waals surface area (Å²) in [5, 5.41) is 4.04. The number of nitrogens with zero attached hydrogens (tertiary/aromatic N) is 2. The topological polar surface area (TPSA) is 35.6 Å². The second kappa shape index (κ2) is 13.2. The molecule has 2 aromatic carbocycles. The fourth-order valence-corrected chi connectivity index (χ4v) is 5.64. The van der Waals surface area contributed by atoms with Gasteiger partial charge in [0.2, 0.25) is 0 Å². The lowest BCUT2D eigenvalue weighted by Crippen LogP contribution is -2.46. The lowest BCUT2D eigenvalue weighted by molar-refractivity contribution is 0.164. The van der Waals surface area contributed by atoms with Gasteiger partial charge in [-0.1, -0.05) is 79.4 Å². The highest BCUT2D eigenvalue weighted by Crippen LogP contribution is 2.23. The van der Waals surface area contributed by atoms with Crippen LogP contribution in [0.2, 0.25) is 5.02 Å². The summed E-state index contributed by atoms with van der Waals surface area (Å²) in [5.74, 6) is 0.789. The van der Waals surface area contributed by atoms with E-state index in [1.54, 1.807) is 0 Å². The van der Waals surface area contributed by atoms with E-state index in [1.165, 1.54) is 44.1 Å². The Kier molecular flexibility index (Phi) is 9.70. The smallest absolute Gasteiger partial charge is 0.317 e.